The molecule has 2 nitrogen and oxygen atoms in total. The Labute approximate surface area is 337 Å². The smallest absolute Gasteiger partial charge is 0.136 e. The highest BCUT2D eigenvalue weighted by atomic mass is 16.3. The minimum Gasteiger partial charge on any atom is -0.456 e. The maximum atomic E-state index is 6.25. The number of furan rings is 1. The van der Waals surface area contributed by atoms with E-state index >= 15 is 0 Å². The van der Waals surface area contributed by atoms with Crippen LogP contribution >= 0.6 is 0 Å². The van der Waals surface area contributed by atoms with E-state index in [4.69, 9.17) is 4.42 Å². The molecular formula is C56H37NO. The number of fused-ring (bicyclic) bond motifs is 5. The van der Waals surface area contributed by atoms with Crippen LogP contribution in [0.25, 0.3) is 88.0 Å². The number of nitrogens with zero attached hydrogens (tertiary/aromatic N) is 1. The predicted octanol–water partition coefficient (Wildman–Crippen LogP) is 16.0. The van der Waals surface area contributed by atoms with Crippen LogP contribution in [0.15, 0.2) is 229 Å². The largest absolute Gasteiger partial charge is 0.456 e. The van der Waals surface area contributed by atoms with E-state index in [9.17, 15) is 0 Å². The Morgan fingerprint density at radius 3 is 1.45 bits per heavy atom. The Morgan fingerprint density at radius 1 is 0.276 bits per heavy atom. The van der Waals surface area contributed by atoms with Crippen LogP contribution in [0.5, 0.6) is 0 Å². The summed E-state index contributed by atoms with van der Waals surface area (Å²) in [6.45, 7) is 0. The van der Waals surface area contributed by atoms with Crippen LogP contribution in [-0.4, -0.2) is 0 Å². The third-order valence-corrected chi connectivity index (χ3v) is 11.5. The summed E-state index contributed by atoms with van der Waals surface area (Å²) < 4.78 is 6.25. The molecular weight excluding hydrogens is 703 g/mol. The lowest BCUT2D eigenvalue weighted by Crippen LogP contribution is -2.10. The van der Waals surface area contributed by atoms with Gasteiger partial charge in [0.1, 0.15) is 11.2 Å². The van der Waals surface area contributed by atoms with E-state index in [2.05, 4.69) is 217 Å². The van der Waals surface area contributed by atoms with Crippen LogP contribution in [0.3, 0.4) is 0 Å². The quantitative estimate of drug-likeness (QED) is 0.162. The van der Waals surface area contributed by atoms with Crippen LogP contribution in [0, 0.1) is 0 Å². The van der Waals surface area contributed by atoms with Crippen molar-refractivity contribution in [2.75, 3.05) is 4.90 Å². The van der Waals surface area contributed by atoms with Crippen LogP contribution in [0.1, 0.15) is 0 Å². The van der Waals surface area contributed by atoms with Crippen LogP contribution < -0.4 is 4.90 Å². The highest BCUT2D eigenvalue weighted by molar-refractivity contribution is 6.12. The van der Waals surface area contributed by atoms with E-state index in [1.165, 1.54) is 49.4 Å². The molecule has 0 aliphatic carbocycles. The van der Waals surface area contributed by atoms with Gasteiger partial charge in [0.25, 0.3) is 0 Å². The van der Waals surface area contributed by atoms with Crippen LogP contribution in [0.2, 0.25) is 0 Å². The van der Waals surface area contributed by atoms with Crippen LogP contribution in [0.4, 0.5) is 17.1 Å². The van der Waals surface area contributed by atoms with Crippen molar-refractivity contribution in [3.8, 4) is 44.5 Å². The summed E-state index contributed by atoms with van der Waals surface area (Å²) >= 11 is 0. The average molecular weight is 740 g/mol. The van der Waals surface area contributed by atoms with Gasteiger partial charge in [-0.1, -0.05) is 176 Å². The fraction of sp³-hybridized carbons (Fsp3) is 0. The fourth-order valence-corrected chi connectivity index (χ4v) is 8.69. The monoisotopic (exact) mass is 739 g/mol. The van der Waals surface area contributed by atoms with Gasteiger partial charge in [0.15, 0.2) is 0 Å². The Hall–Kier alpha value is -7.68. The van der Waals surface area contributed by atoms with Gasteiger partial charge in [-0.3, -0.25) is 0 Å². The first-order chi connectivity index (χ1) is 28.7. The van der Waals surface area contributed by atoms with Gasteiger partial charge in [-0.15, -0.1) is 0 Å². The molecule has 2 heteroatoms. The third-order valence-electron chi connectivity index (χ3n) is 11.5. The molecule has 10 aromatic carbocycles. The zero-order valence-corrected chi connectivity index (χ0v) is 31.7. The average Bonchev–Trinajstić information content (AvgIpc) is 3.68. The Kier molecular flexibility index (Phi) is 8.19. The van der Waals surface area contributed by atoms with Gasteiger partial charge in [0.2, 0.25) is 0 Å². The zero-order valence-electron chi connectivity index (χ0n) is 31.7. The minimum atomic E-state index is 0.900. The molecule has 0 amide bonds. The molecule has 0 radical (unpaired) electrons. The highest BCUT2D eigenvalue weighted by Crippen LogP contribution is 2.42. The number of rotatable bonds is 7. The van der Waals surface area contributed by atoms with Gasteiger partial charge in [-0.2, -0.15) is 0 Å². The molecule has 0 bridgehead atoms. The Morgan fingerprint density at radius 2 is 0.741 bits per heavy atom. The number of para-hydroxylation sites is 1. The lowest BCUT2D eigenvalue weighted by Gasteiger charge is -2.27. The molecule has 11 aromatic rings. The normalized spacial score (nSPS) is 11.4. The maximum absolute atomic E-state index is 6.25. The molecule has 0 unspecified atom stereocenters. The lowest BCUT2D eigenvalue weighted by atomic mass is 9.96. The van der Waals surface area contributed by atoms with E-state index in [0.717, 1.165) is 55.7 Å². The summed E-state index contributed by atoms with van der Waals surface area (Å²) in [6, 6.07) is 80.7. The summed E-state index contributed by atoms with van der Waals surface area (Å²) in [5.41, 5.74) is 14.5. The molecule has 58 heavy (non-hydrogen) atoms. The lowest BCUT2D eigenvalue weighted by molar-refractivity contribution is 0.669. The van der Waals surface area contributed by atoms with Gasteiger partial charge < -0.3 is 9.32 Å². The second-order valence-electron chi connectivity index (χ2n) is 14.9. The molecule has 0 N–H and O–H groups in total. The first-order valence-corrected chi connectivity index (χ1v) is 19.8. The molecule has 1 aromatic heterocycles. The van der Waals surface area contributed by atoms with Gasteiger partial charge in [0.05, 0.1) is 0 Å². The molecule has 272 valence electrons. The van der Waals surface area contributed by atoms with E-state index in [1.54, 1.807) is 0 Å². The standard InChI is InChI=1S/C56H37NO/c1-3-20-48-39(12-1)14-9-23-50(48)41-30-28-38(29-31-41)43-16-7-18-46(36-43)57(47-19-8-17-44(37-47)51-24-10-15-40-13-2-4-21-49(40)51)45-34-32-42(33-35-45)52-25-11-27-55-56(52)53-22-5-6-26-54(53)58-55/h1-37H. The van der Waals surface area contributed by atoms with Crippen molar-refractivity contribution in [1.29, 1.82) is 0 Å². The number of anilines is 3. The van der Waals surface area contributed by atoms with Crippen molar-refractivity contribution in [3.05, 3.63) is 224 Å². The highest BCUT2D eigenvalue weighted by Gasteiger charge is 2.17. The van der Waals surface area contributed by atoms with E-state index < -0.39 is 0 Å². The molecule has 0 atom stereocenters. The van der Waals surface area contributed by atoms with Crippen molar-refractivity contribution in [3.63, 3.8) is 0 Å². The van der Waals surface area contributed by atoms with E-state index in [-0.39, 0.29) is 0 Å². The van der Waals surface area contributed by atoms with E-state index in [1.807, 2.05) is 12.1 Å². The van der Waals surface area contributed by atoms with Gasteiger partial charge in [0, 0.05) is 27.8 Å². The minimum absolute atomic E-state index is 0.900. The Balaban J connectivity index is 1.02. The molecule has 0 saturated heterocycles. The topological polar surface area (TPSA) is 16.4 Å². The first-order valence-electron chi connectivity index (χ1n) is 19.8. The zero-order chi connectivity index (χ0) is 38.4. The second kappa shape index (κ2) is 14.1. The number of hydrogen-bond donors (Lipinski definition) is 0. The van der Waals surface area contributed by atoms with E-state index in [0.29, 0.717) is 0 Å². The Bertz CT molecular complexity index is 3270. The predicted molar refractivity (Wildman–Crippen MR) is 245 cm³/mol. The second-order valence-corrected chi connectivity index (χ2v) is 14.9. The summed E-state index contributed by atoms with van der Waals surface area (Å²) in [5, 5.41) is 7.27. The first kappa shape index (κ1) is 33.6. The summed E-state index contributed by atoms with van der Waals surface area (Å²) in [7, 11) is 0. The molecule has 0 spiro atoms. The van der Waals surface area contributed by atoms with Gasteiger partial charge in [-0.25, -0.2) is 0 Å². The summed E-state index contributed by atoms with van der Waals surface area (Å²) in [5.74, 6) is 0. The molecule has 0 saturated carbocycles. The fourth-order valence-electron chi connectivity index (χ4n) is 8.69. The molecule has 0 aliphatic rings. The van der Waals surface area contributed by atoms with Crippen molar-refractivity contribution >= 4 is 60.5 Å². The van der Waals surface area contributed by atoms with Crippen molar-refractivity contribution < 1.29 is 4.42 Å². The molecule has 11 rings (SSSR count). The van der Waals surface area contributed by atoms with Crippen molar-refractivity contribution in [1.82, 2.24) is 0 Å². The molecule has 0 aliphatic heterocycles. The summed E-state index contributed by atoms with van der Waals surface area (Å²) in [4.78, 5) is 2.38. The molecule has 1 heterocycles. The van der Waals surface area contributed by atoms with Gasteiger partial charge >= 0.3 is 0 Å². The maximum Gasteiger partial charge on any atom is 0.136 e. The number of hydrogen-bond acceptors (Lipinski definition) is 2. The van der Waals surface area contributed by atoms with Gasteiger partial charge in [-0.05, 0) is 115 Å². The van der Waals surface area contributed by atoms with Crippen molar-refractivity contribution in [2.24, 2.45) is 0 Å². The molecule has 0 fully saturated rings. The van der Waals surface area contributed by atoms with Crippen molar-refractivity contribution in [2.45, 2.75) is 0 Å². The third kappa shape index (κ3) is 5.91. The SMILES string of the molecule is c1cc(-c2ccc(-c3cccc4ccccc34)cc2)cc(N(c2ccc(-c3cccc4oc5ccccc5c34)cc2)c2cccc(-c3cccc4ccccc34)c2)c1. The summed E-state index contributed by atoms with van der Waals surface area (Å²) in [6.07, 6.45) is 0. The number of benzene rings is 10. The van der Waals surface area contributed by atoms with Crippen LogP contribution in [-0.2, 0) is 0 Å².